The lowest BCUT2D eigenvalue weighted by molar-refractivity contribution is 0.164. The molecule has 0 amide bonds. The molecule has 0 saturated heterocycles. The Morgan fingerprint density at radius 1 is 1.14 bits per heavy atom. The highest BCUT2D eigenvalue weighted by Gasteiger charge is 2.29. The van der Waals surface area contributed by atoms with Crippen LogP contribution in [0.3, 0.4) is 0 Å². The predicted octanol–water partition coefficient (Wildman–Crippen LogP) is 4.65. The van der Waals surface area contributed by atoms with E-state index in [2.05, 4.69) is 19.2 Å². The van der Waals surface area contributed by atoms with Gasteiger partial charge in [-0.3, -0.25) is 0 Å². The van der Waals surface area contributed by atoms with Crippen LogP contribution in [0.2, 0.25) is 0 Å². The van der Waals surface area contributed by atoms with Crippen LogP contribution in [0.5, 0.6) is 5.75 Å². The van der Waals surface area contributed by atoms with Crippen molar-refractivity contribution in [2.24, 2.45) is 11.8 Å². The van der Waals surface area contributed by atoms with E-state index in [1.807, 2.05) is 30.3 Å². The molecule has 0 heterocycles. The zero-order valence-corrected chi connectivity index (χ0v) is 13.7. The fraction of sp³-hybridized carbons (Fsp3) is 0.684. The van der Waals surface area contributed by atoms with Crippen molar-refractivity contribution in [2.45, 2.75) is 58.4 Å². The number of ether oxygens (including phenoxy) is 1. The summed E-state index contributed by atoms with van der Waals surface area (Å²) < 4.78 is 5.90. The van der Waals surface area contributed by atoms with Gasteiger partial charge < -0.3 is 10.1 Å². The van der Waals surface area contributed by atoms with Crippen molar-refractivity contribution >= 4 is 0 Å². The Labute approximate surface area is 130 Å². The summed E-state index contributed by atoms with van der Waals surface area (Å²) in [4.78, 5) is 0. The van der Waals surface area contributed by atoms with E-state index in [0.29, 0.717) is 6.04 Å². The molecule has 1 fully saturated rings. The molecule has 2 heteroatoms. The first-order valence-corrected chi connectivity index (χ1v) is 8.74. The van der Waals surface area contributed by atoms with E-state index in [9.17, 15) is 0 Å². The standard InChI is InChI=1S/C19H31NO/c1-3-13-20-19-11-10-16(4-2)15-17(19)12-14-21-18-8-6-5-7-9-18/h5-9,16-17,19-20H,3-4,10-15H2,1-2H3. The van der Waals surface area contributed by atoms with E-state index in [1.165, 1.54) is 38.5 Å². The maximum absolute atomic E-state index is 5.90. The van der Waals surface area contributed by atoms with Crippen LogP contribution in [0.25, 0.3) is 0 Å². The highest BCUT2D eigenvalue weighted by atomic mass is 16.5. The average Bonchev–Trinajstić information content (AvgIpc) is 2.54. The summed E-state index contributed by atoms with van der Waals surface area (Å²) in [6.45, 7) is 6.58. The van der Waals surface area contributed by atoms with Crippen LogP contribution >= 0.6 is 0 Å². The SMILES string of the molecule is CCCNC1CCC(CC)CC1CCOc1ccccc1. The minimum atomic E-state index is 0.701. The lowest BCUT2D eigenvalue weighted by atomic mass is 9.75. The predicted molar refractivity (Wildman–Crippen MR) is 89.8 cm³/mol. The summed E-state index contributed by atoms with van der Waals surface area (Å²) >= 11 is 0. The molecule has 118 valence electrons. The molecule has 3 unspecified atom stereocenters. The van der Waals surface area contributed by atoms with Crippen LogP contribution < -0.4 is 10.1 Å². The minimum Gasteiger partial charge on any atom is -0.494 e. The number of hydrogen-bond acceptors (Lipinski definition) is 2. The van der Waals surface area contributed by atoms with Crippen LogP contribution in [0.15, 0.2) is 30.3 Å². The molecular formula is C19H31NO. The maximum Gasteiger partial charge on any atom is 0.119 e. The van der Waals surface area contributed by atoms with E-state index in [4.69, 9.17) is 4.74 Å². The van der Waals surface area contributed by atoms with Crippen LogP contribution in [0.4, 0.5) is 0 Å². The fourth-order valence-electron chi connectivity index (χ4n) is 3.49. The first-order chi connectivity index (χ1) is 10.3. The third kappa shape index (κ3) is 5.35. The number of hydrogen-bond donors (Lipinski definition) is 1. The van der Waals surface area contributed by atoms with Crippen molar-refractivity contribution in [1.82, 2.24) is 5.32 Å². The number of benzene rings is 1. The maximum atomic E-state index is 5.90. The number of nitrogens with one attached hydrogen (secondary N) is 1. The van der Waals surface area contributed by atoms with Gasteiger partial charge in [0, 0.05) is 6.04 Å². The first kappa shape index (κ1) is 16.4. The van der Waals surface area contributed by atoms with Gasteiger partial charge in [-0.05, 0) is 62.6 Å². The molecule has 1 N–H and O–H groups in total. The normalized spacial score (nSPS) is 25.7. The van der Waals surface area contributed by atoms with E-state index in [1.54, 1.807) is 0 Å². The van der Waals surface area contributed by atoms with E-state index in [0.717, 1.165) is 30.7 Å². The van der Waals surface area contributed by atoms with E-state index < -0.39 is 0 Å². The third-order valence-electron chi connectivity index (χ3n) is 4.83. The molecule has 0 bridgehead atoms. The van der Waals surface area contributed by atoms with Crippen molar-refractivity contribution in [2.75, 3.05) is 13.2 Å². The van der Waals surface area contributed by atoms with Gasteiger partial charge in [-0.2, -0.15) is 0 Å². The summed E-state index contributed by atoms with van der Waals surface area (Å²) in [5, 5.41) is 3.76. The monoisotopic (exact) mass is 289 g/mol. The number of rotatable bonds is 8. The average molecular weight is 289 g/mol. The summed E-state index contributed by atoms with van der Waals surface area (Å²) in [5.74, 6) is 2.70. The van der Waals surface area contributed by atoms with Gasteiger partial charge in [0.1, 0.15) is 5.75 Å². The highest BCUT2D eigenvalue weighted by molar-refractivity contribution is 5.20. The van der Waals surface area contributed by atoms with Crippen molar-refractivity contribution in [1.29, 1.82) is 0 Å². The molecule has 0 aromatic heterocycles. The topological polar surface area (TPSA) is 21.3 Å². The van der Waals surface area contributed by atoms with Gasteiger partial charge in [0.2, 0.25) is 0 Å². The second-order valence-corrected chi connectivity index (χ2v) is 6.36. The molecule has 2 rings (SSSR count). The van der Waals surface area contributed by atoms with Gasteiger partial charge in [-0.15, -0.1) is 0 Å². The van der Waals surface area contributed by atoms with Crippen LogP contribution in [0.1, 0.15) is 52.4 Å². The van der Waals surface area contributed by atoms with Crippen LogP contribution in [-0.4, -0.2) is 19.2 Å². The Balaban J connectivity index is 1.80. The molecule has 0 radical (unpaired) electrons. The Morgan fingerprint density at radius 2 is 1.95 bits per heavy atom. The molecule has 1 saturated carbocycles. The van der Waals surface area contributed by atoms with E-state index in [-0.39, 0.29) is 0 Å². The molecule has 1 aliphatic rings. The van der Waals surface area contributed by atoms with Crippen molar-refractivity contribution in [3.63, 3.8) is 0 Å². The molecule has 0 spiro atoms. The molecule has 1 aromatic carbocycles. The van der Waals surface area contributed by atoms with Gasteiger partial charge >= 0.3 is 0 Å². The number of para-hydroxylation sites is 1. The van der Waals surface area contributed by atoms with Gasteiger partial charge in [0.15, 0.2) is 0 Å². The molecular weight excluding hydrogens is 258 g/mol. The van der Waals surface area contributed by atoms with E-state index >= 15 is 0 Å². The Morgan fingerprint density at radius 3 is 2.67 bits per heavy atom. The lowest BCUT2D eigenvalue weighted by Gasteiger charge is -2.36. The lowest BCUT2D eigenvalue weighted by Crippen LogP contribution is -2.41. The quantitative estimate of drug-likeness (QED) is 0.752. The van der Waals surface area contributed by atoms with Crippen LogP contribution in [0, 0.1) is 11.8 Å². The van der Waals surface area contributed by atoms with Crippen molar-refractivity contribution in [3.8, 4) is 5.75 Å². The molecule has 0 aliphatic heterocycles. The largest absolute Gasteiger partial charge is 0.494 e. The summed E-state index contributed by atoms with van der Waals surface area (Å²) in [5.41, 5.74) is 0. The second kappa shape index (κ2) is 9.09. The Kier molecular flexibility index (Phi) is 7.08. The molecule has 1 aliphatic carbocycles. The minimum absolute atomic E-state index is 0.701. The summed E-state index contributed by atoms with van der Waals surface area (Å²) in [6.07, 6.45) is 7.84. The molecule has 1 aromatic rings. The molecule has 21 heavy (non-hydrogen) atoms. The van der Waals surface area contributed by atoms with Gasteiger partial charge in [-0.1, -0.05) is 38.5 Å². The molecule has 3 atom stereocenters. The fourth-order valence-corrected chi connectivity index (χ4v) is 3.49. The van der Waals surface area contributed by atoms with Crippen LogP contribution in [-0.2, 0) is 0 Å². The molecule has 2 nitrogen and oxygen atoms in total. The zero-order chi connectivity index (χ0) is 14.9. The Hall–Kier alpha value is -1.02. The first-order valence-electron chi connectivity index (χ1n) is 8.74. The van der Waals surface area contributed by atoms with Gasteiger partial charge in [-0.25, -0.2) is 0 Å². The summed E-state index contributed by atoms with van der Waals surface area (Å²) in [6, 6.07) is 10.9. The van der Waals surface area contributed by atoms with Crippen molar-refractivity contribution in [3.05, 3.63) is 30.3 Å². The zero-order valence-electron chi connectivity index (χ0n) is 13.7. The third-order valence-corrected chi connectivity index (χ3v) is 4.83. The second-order valence-electron chi connectivity index (χ2n) is 6.36. The van der Waals surface area contributed by atoms with Gasteiger partial charge in [0.05, 0.1) is 6.61 Å². The Bertz CT molecular complexity index is 378. The smallest absolute Gasteiger partial charge is 0.119 e. The van der Waals surface area contributed by atoms with Crippen molar-refractivity contribution < 1.29 is 4.74 Å². The van der Waals surface area contributed by atoms with Gasteiger partial charge in [0.25, 0.3) is 0 Å². The summed E-state index contributed by atoms with van der Waals surface area (Å²) in [7, 11) is 0. The highest BCUT2D eigenvalue weighted by Crippen LogP contribution is 2.33.